The molecule has 5 aromatic rings. The van der Waals surface area contributed by atoms with Crippen molar-refractivity contribution in [2.24, 2.45) is 9.98 Å². The van der Waals surface area contributed by atoms with Crippen LogP contribution in [0, 0.1) is 5.21 Å². The quantitative estimate of drug-likeness (QED) is 0.160. The highest BCUT2D eigenvalue weighted by atomic mass is 16.5. The summed E-state index contributed by atoms with van der Waals surface area (Å²) in [7, 11) is 0. The third-order valence-corrected chi connectivity index (χ3v) is 8.83. The van der Waals surface area contributed by atoms with Gasteiger partial charge in [0.1, 0.15) is 23.2 Å². The Morgan fingerprint density at radius 1 is 0.711 bits per heavy atom. The molecular weight excluding hydrogens is 554 g/mol. The molecule has 8 rings (SSSR count). The van der Waals surface area contributed by atoms with Gasteiger partial charge < -0.3 is 15.4 Å². The van der Waals surface area contributed by atoms with Crippen LogP contribution in [-0.4, -0.2) is 19.0 Å². The highest BCUT2D eigenvalue weighted by molar-refractivity contribution is 5.86. The fourth-order valence-electron chi connectivity index (χ4n) is 6.64. The SMILES string of the molecule is [O-][N+]1(c2ccc(-c3ccc(C4N=CC=CN4)cc3)cc2)C2=CC=NCC2c2cc(N(c3ccccc3)c3ccccc3)ccc21. The monoisotopic (exact) mass is 585 g/mol. The van der Waals surface area contributed by atoms with Gasteiger partial charge in [-0.15, -0.1) is 0 Å². The Balaban J connectivity index is 1.16. The number of hydroxylamine groups is 1. The number of rotatable bonds is 6. The summed E-state index contributed by atoms with van der Waals surface area (Å²) in [5.74, 6) is -0.0889. The van der Waals surface area contributed by atoms with Crippen LogP contribution in [0.1, 0.15) is 23.2 Å². The zero-order valence-electron chi connectivity index (χ0n) is 24.6. The summed E-state index contributed by atoms with van der Waals surface area (Å²) in [6.45, 7) is 0.557. The molecule has 0 aromatic heterocycles. The average molecular weight is 586 g/mol. The summed E-state index contributed by atoms with van der Waals surface area (Å²) >= 11 is 0. The van der Waals surface area contributed by atoms with Gasteiger partial charge in [-0.3, -0.25) is 14.6 Å². The zero-order chi connectivity index (χ0) is 30.2. The van der Waals surface area contributed by atoms with Crippen LogP contribution in [0.15, 0.2) is 161 Å². The number of para-hydroxylation sites is 2. The molecule has 0 amide bonds. The van der Waals surface area contributed by atoms with Gasteiger partial charge in [0.15, 0.2) is 0 Å². The topological polar surface area (TPSA) is 63.1 Å². The minimum atomic E-state index is -0.610. The molecule has 3 unspecified atom stereocenters. The number of aliphatic imine (C=N–C) groups is 2. The van der Waals surface area contributed by atoms with E-state index in [0.717, 1.165) is 50.7 Å². The van der Waals surface area contributed by atoms with Gasteiger partial charge >= 0.3 is 0 Å². The van der Waals surface area contributed by atoms with Gasteiger partial charge in [0.25, 0.3) is 0 Å². The zero-order valence-corrected chi connectivity index (χ0v) is 24.6. The van der Waals surface area contributed by atoms with Crippen LogP contribution in [0.4, 0.5) is 28.4 Å². The largest absolute Gasteiger partial charge is 0.617 e. The number of hydrogen-bond donors (Lipinski definition) is 1. The van der Waals surface area contributed by atoms with Gasteiger partial charge in [0.05, 0.1) is 12.5 Å². The first-order valence-electron chi connectivity index (χ1n) is 15.2. The van der Waals surface area contributed by atoms with E-state index in [2.05, 4.69) is 80.9 Å². The highest BCUT2D eigenvalue weighted by Crippen LogP contribution is 2.55. The lowest BCUT2D eigenvalue weighted by molar-refractivity contribution is 0.599. The summed E-state index contributed by atoms with van der Waals surface area (Å²) in [6.07, 6.45) is 9.23. The van der Waals surface area contributed by atoms with E-state index in [9.17, 15) is 0 Å². The summed E-state index contributed by atoms with van der Waals surface area (Å²) < 4.78 is -0.610. The molecule has 6 nitrogen and oxygen atoms in total. The molecule has 6 heteroatoms. The maximum Gasteiger partial charge on any atom is 0.147 e. The van der Waals surface area contributed by atoms with E-state index in [1.807, 2.05) is 91.3 Å². The van der Waals surface area contributed by atoms with E-state index in [-0.39, 0.29) is 12.1 Å². The van der Waals surface area contributed by atoms with Crippen molar-refractivity contribution in [3.63, 3.8) is 0 Å². The van der Waals surface area contributed by atoms with E-state index < -0.39 is 4.65 Å². The van der Waals surface area contributed by atoms with Gasteiger partial charge in [-0.05, 0) is 77.5 Å². The number of fused-ring (bicyclic) bond motifs is 3. The van der Waals surface area contributed by atoms with Gasteiger partial charge in [0.2, 0.25) is 0 Å². The van der Waals surface area contributed by atoms with Crippen molar-refractivity contribution in [1.29, 1.82) is 0 Å². The Bertz CT molecular complexity index is 1930. The molecule has 0 saturated heterocycles. The van der Waals surface area contributed by atoms with Crippen LogP contribution < -0.4 is 14.9 Å². The van der Waals surface area contributed by atoms with E-state index >= 15 is 5.21 Å². The molecule has 3 heterocycles. The second-order valence-electron chi connectivity index (χ2n) is 11.4. The highest BCUT2D eigenvalue weighted by Gasteiger charge is 2.46. The van der Waals surface area contributed by atoms with Gasteiger partial charge in [0, 0.05) is 59.3 Å². The normalized spacial score (nSPS) is 21.0. The molecule has 0 spiro atoms. The second-order valence-corrected chi connectivity index (χ2v) is 11.4. The van der Waals surface area contributed by atoms with Crippen LogP contribution in [0.2, 0.25) is 0 Å². The van der Waals surface area contributed by atoms with Crippen LogP contribution in [-0.2, 0) is 0 Å². The number of dihydropyridines is 1. The van der Waals surface area contributed by atoms with E-state index in [1.54, 1.807) is 6.21 Å². The van der Waals surface area contributed by atoms with Crippen LogP contribution >= 0.6 is 0 Å². The molecule has 45 heavy (non-hydrogen) atoms. The first-order chi connectivity index (χ1) is 22.2. The molecule has 0 radical (unpaired) electrons. The van der Waals surface area contributed by atoms with Crippen molar-refractivity contribution in [1.82, 2.24) is 9.96 Å². The van der Waals surface area contributed by atoms with Crippen molar-refractivity contribution in [3.8, 4) is 11.1 Å². The molecule has 3 aliphatic rings. The molecule has 0 aliphatic carbocycles. The van der Waals surface area contributed by atoms with Crippen molar-refractivity contribution in [2.45, 2.75) is 12.1 Å². The predicted octanol–water partition coefficient (Wildman–Crippen LogP) is 9.21. The number of benzene rings is 5. The molecule has 0 bridgehead atoms. The van der Waals surface area contributed by atoms with Crippen molar-refractivity contribution in [2.75, 3.05) is 11.4 Å². The molecule has 5 aromatic carbocycles. The number of hydrogen-bond acceptors (Lipinski definition) is 5. The number of nitrogens with one attached hydrogen (secondary N) is 1. The van der Waals surface area contributed by atoms with Gasteiger partial charge in [-0.2, -0.15) is 0 Å². The Kier molecular flexibility index (Phi) is 6.71. The lowest BCUT2D eigenvalue weighted by Crippen LogP contribution is -2.35. The maximum atomic E-state index is 15.1. The Morgan fingerprint density at radius 2 is 1.38 bits per heavy atom. The fourth-order valence-corrected chi connectivity index (χ4v) is 6.64. The van der Waals surface area contributed by atoms with Gasteiger partial charge in [-0.25, -0.2) is 0 Å². The van der Waals surface area contributed by atoms with Crippen LogP contribution in [0.5, 0.6) is 0 Å². The molecular formula is C39H31N5O. The second kappa shape index (κ2) is 11.2. The molecule has 3 atom stereocenters. The lowest BCUT2D eigenvalue weighted by Gasteiger charge is -2.40. The van der Waals surface area contributed by atoms with E-state index in [4.69, 9.17) is 0 Å². The summed E-state index contributed by atoms with van der Waals surface area (Å²) in [4.78, 5) is 11.3. The van der Waals surface area contributed by atoms with Crippen molar-refractivity contribution in [3.05, 3.63) is 168 Å². The lowest BCUT2D eigenvalue weighted by atomic mass is 9.96. The third kappa shape index (κ3) is 4.68. The van der Waals surface area contributed by atoms with Crippen molar-refractivity contribution < 1.29 is 0 Å². The van der Waals surface area contributed by atoms with Crippen molar-refractivity contribution >= 4 is 40.9 Å². The molecule has 0 saturated carbocycles. The standard InChI is InChI=1S/C39H31N5O/c45-44(34-19-16-29(17-20-34)28-12-14-30(15-13-28)39-41-23-7-24-42-39)37-21-18-33(26-35(37)36-27-40-25-22-38(36)44)43(31-8-3-1-4-9-31)32-10-5-2-6-11-32/h1-26,36,39,41H,27H2. The van der Waals surface area contributed by atoms with E-state index in [0.29, 0.717) is 12.2 Å². The summed E-state index contributed by atoms with van der Waals surface area (Å²) in [5.41, 5.74) is 9.64. The Labute approximate surface area is 262 Å². The smallest absolute Gasteiger partial charge is 0.147 e. The summed E-state index contributed by atoms with van der Waals surface area (Å²) in [5, 5.41) is 18.4. The van der Waals surface area contributed by atoms with E-state index in [1.165, 1.54) is 0 Å². The first-order valence-corrected chi connectivity index (χ1v) is 15.2. The Hall–Kier alpha value is -5.56. The molecule has 0 fully saturated rings. The average Bonchev–Trinajstić information content (AvgIpc) is 3.38. The minimum Gasteiger partial charge on any atom is -0.617 e. The molecule has 218 valence electrons. The fraction of sp³-hybridized carbons (Fsp3) is 0.0769. The molecule has 3 aliphatic heterocycles. The summed E-state index contributed by atoms with van der Waals surface area (Å²) in [6, 6.07) is 43.4. The molecule has 1 N–H and O–H groups in total. The Morgan fingerprint density at radius 3 is 2.02 bits per heavy atom. The van der Waals surface area contributed by atoms with Crippen LogP contribution in [0.25, 0.3) is 11.1 Å². The minimum absolute atomic E-state index is 0.0697. The maximum absolute atomic E-state index is 15.1. The predicted molar refractivity (Wildman–Crippen MR) is 186 cm³/mol. The van der Waals surface area contributed by atoms with Crippen LogP contribution in [0.3, 0.4) is 0 Å². The number of quaternary nitrogens is 1. The number of nitrogens with zero attached hydrogens (tertiary/aromatic N) is 4. The number of allylic oxidation sites excluding steroid dienone is 2. The first kappa shape index (κ1) is 27.0. The third-order valence-electron chi connectivity index (χ3n) is 8.83. The number of anilines is 3. The van der Waals surface area contributed by atoms with Gasteiger partial charge in [-0.1, -0.05) is 60.7 Å².